The smallest absolute Gasteiger partial charge is 0.368 e. The van der Waals surface area contributed by atoms with Crippen molar-refractivity contribution in [3.05, 3.63) is 53.4 Å². The normalized spacial score (nSPS) is 11.5. The largest absolute Gasteiger partial charge is 0.416 e. The van der Waals surface area contributed by atoms with Gasteiger partial charge in [0.1, 0.15) is 17.4 Å². The summed E-state index contributed by atoms with van der Waals surface area (Å²) in [6.07, 6.45) is 0.944. The molecule has 0 unspecified atom stereocenters. The highest BCUT2D eigenvalue weighted by molar-refractivity contribution is 7.15. The van der Waals surface area contributed by atoms with Gasteiger partial charge in [-0.15, -0.1) is 11.3 Å². The molecule has 33 heavy (non-hydrogen) atoms. The lowest BCUT2D eigenvalue weighted by Crippen LogP contribution is -2.19. The molecule has 0 saturated heterocycles. The van der Waals surface area contributed by atoms with E-state index in [1.807, 2.05) is 11.6 Å². The standard InChI is InChI=1S/C20H19F3N8OS/c1-2-31-16-15(10-28-31)26-11-27-17(16)24-7-6-14-9-25-19(33-14)30-18(32)29-13-5-3-4-12(8-13)20(21,22)23/h3-5,8-11H,2,6-7H2,1H3,(H,24,26,27)(H2,25,29,30,32). The molecular formula is C20H19F3N8OS. The van der Waals surface area contributed by atoms with Gasteiger partial charge in [-0.2, -0.15) is 18.3 Å². The van der Waals surface area contributed by atoms with E-state index in [1.54, 1.807) is 12.4 Å². The Morgan fingerprint density at radius 3 is 2.79 bits per heavy atom. The third-order valence-corrected chi connectivity index (χ3v) is 5.59. The summed E-state index contributed by atoms with van der Waals surface area (Å²) in [6, 6.07) is 3.73. The summed E-state index contributed by atoms with van der Waals surface area (Å²) in [4.78, 5) is 25.7. The molecular weight excluding hydrogens is 457 g/mol. The molecule has 3 N–H and O–H groups in total. The Kier molecular flexibility index (Phi) is 6.40. The van der Waals surface area contributed by atoms with Crippen LogP contribution < -0.4 is 16.0 Å². The first-order chi connectivity index (χ1) is 15.8. The first kappa shape index (κ1) is 22.5. The van der Waals surface area contributed by atoms with Crippen LogP contribution in [0, 0.1) is 0 Å². The van der Waals surface area contributed by atoms with Crippen molar-refractivity contribution in [3.63, 3.8) is 0 Å². The van der Waals surface area contributed by atoms with Gasteiger partial charge in [0.15, 0.2) is 10.9 Å². The number of thiazole rings is 1. The average Bonchev–Trinajstić information content (AvgIpc) is 3.40. The van der Waals surface area contributed by atoms with Crippen LogP contribution in [-0.4, -0.2) is 37.3 Å². The molecule has 4 rings (SSSR count). The zero-order valence-corrected chi connectivity index (χ0v) is 18.2. The van der Waals surface area contributed by atoms with Crippen LogP contribution in [0.15, 0.2) is 43.0 Å². The number of hydrogen-bond acceptors (Lipinski definition) is 7. The van der Waals surface area contributed by atoms with Crippen LogP contribution in [0.1, 0.15) is 17.4 Å². The van der Waals surface area contributed by atoms with Gasteiger partial charge in [-0.25, -0.2) is 19.7 Å². The number of rotatable bonds is 7. The number of benzene rings is 1. The second-order valence-electron chi connectivity index (χ2n) is 6.88. The van der Waals surface area contributed by atoms with Gasteiger partial charge < -0.3 is 10.6 Å². The number of alkyl halides is 3. The Morgan fingerprint density at radius 2 is 2.00 bits per heavy atom. The first-order valence-corrected chi connectivity index (χ1v) is 10.8. The van der Waals surface area contributed by atoms with Gasteiger partial charge >= 0.3 is 12.2 Å². The predicted molar refractivity (Wildman–Crippen MR) is 119 cm³/mol. The summed E-state index contributed by atoms with van der Waals surface area (Å²) >= 11 is 1.27. The fourth-order valence-electron chi connectivity index (χ4n) is 3.11. The van der Waals surface area contributed by atoms with E-state index < -0.39 is 17.8 Å². The number of urea groups is 1. The molecule has 9 nitrogen and oxygen atoms in total. The number of halogens is 3. The van der Waals surface area contributed by atoms with Crippen LogP contribution in [0.25, 0.3) is 11.0 Å². The molecule has 3 heterocycles. The number of carbonyl (C=O) groups excluding carboxylic acids is 1. The highest BCUT2D eigenvalue weighted by Crippen LogP contribution is 2.30. The van der Waals surface area contributed by atoms with Gasteiger partial charge in [0.25, 0.3) is 0 Å². The first-order valence-electron chi connectivity index (χ1n) is 9.94. The van der Waals surface area contributed by atoms with Crippen LogP contribution in [0.5, 0.6) is 0 Å². The topological polar surface area (TPSA) is 110 Å². The second-order valence-corrected chi connectivity index (χ2v) is 8.00. The van der Waals surface area contributed by atoms with E-state index in [2.05, 4.69) is 36.0 Å². The van der Waals surface area contributed by atoms with Crippen molar-refractivity contribution in [2.24, 2.45) is 0 Å². The summed E-state index contributed by atoms with van der Waals surface area (Å²) in [6.45, 7) is 3.25. The Balaban J connectivity index is 1.32. The molecule has 0 fully saturated rings. The van der Waals surface area contributed by atoms with Gasteiger partial charge in [0.05, 0.1) is 11.8 Å². The summed E-state index contributed by atoms with van der Waals surface area (Å²) in [5, 5.41) is 12.8. The van der Waals surface area contributed by atoms with E-state index in [-0.39, 0.29) is 5.69 Å². The monoisotopic (exact) mass is 476 g/mol. The van der Waals surface area contributed by atoms with Crippen molar-refractivity contribution in [1.82, 2.24) is 24.7 Å². The molecule has 3 aromatic heterocycles. The summed E-state index contributed by atoms with van der Waals surface area (Å²) < 4.78 is 40.2. The number of aryl methyl sites for hydroxylation is 1. The number of amides is 2. The maximum Gasteiger partial charge on any atom is 0.416 e. The maximum absolute atomic E-state index is 12.8. The fourth-order valence-corrected chi connectivity index (χ4v) is 3.92. The average molecular weight is 476 g/mol. The van der Waals surface area contributed by atoms with E-state index in [1.165, 1.54) is 29.8 Å². The summed E-state index contributed by atoms with van der Waals surface area (Å²) in [5.41, 5.74) is 0.779. The fraction of sp³-hybridized carbons (Fsp3) is 0.250. The molecule has 0 atom stereocenters. The van der Waals surface area contributed by atoms with Crippen molar-refractivity contribution < 1.29 is 18.0 Å². The number of hydrogen-bond donors (Lipinski definition) is 3. The molecule has 2 amide bonds. The molecule has 0 spiro atoms. The van der Waals surface area contributed by atoms with Crippen LogP contribution in [0.4, 0.5) is 34.6 Å². The van der Waals surface area contributed by atoms with E-state index in [9.17, 15) is 18.0 Å². The van der Waals surface area contributed by atoms with Crippen molar-refractivity contribution in [2.75, 3.05) is 22.5 Å². The number of anilines is 3. The van der Waals surface area contributed by atoms with Crippen LogP contribution >= 0.6 is 11.3 Å². The molecule has 0 aliphatic heterocycles. The highest BCUT2D eigenvalue weighted by atomic mass is 32.1. The maximum atomic E-state index is 12.8. The van der Waals surface area contributed by atoms with Crippen molar-refractivity contribution in [2.45, 2.75) is 26.1 Å². The Hall–Kier alpha value is -3.74. The van der Waals surface area contributed by atoms with Crippen molar-refractivity contribution in [3.8, 4) is 0 Å². The Morgan fingerprint density at radius 1 is 1.15 bits per heavy atom. The van der Waals surface area contributed by atoms with Crippen molar-refractivity contribution >= 4 is 45.0 Å². The highest BCUT2D eigenvalue weighted by Gasteiger charge is 2.30. The minimum atomic E-state index is -4.49. The molecule has 0 aliphatic rings. The van der Waals surface area contributed by atoms with E-state index in [0.717, 1.165) is 28.0 Å². The minimum Gasteiger partial charge on any atom is -0.368 e. The number of aromatic nitrogens is 5. The minimum absolute atomic E-state index is 0.0331. The quantitative estimate of drug-likeness (QED) is 0.359. The third-order valence-electron chi connectivity index (χ3n) is 4.61. The SMILES string of the molecule is CCn1ncc2ncnc(NCCc3cnc(NC(=O)Nc4cccc(C(F)(F)F)c4)s3)c21. The predicted octanol–water partition coefficient (Wildman–Crippen LogP) is 4.62. The van der Waals surface area contributed by atoms with Crippen LogP contribution in [0.3, 0.4) is 0 Å². The molecule has 13 heteroatoms. The lowest BCUT2D eigenvalue weighted by atomic mass is 10.2. The molecule has 1 aromatic carbocycles. The second kappa shape index (κ2) is 9.40. The van der Waals surface area contributed by atoms with Gasteiger partial charge in [0, 0.05) is 36.3 Å². The van der Waals surface area contributed by atoms with E-state index in [0.29, 0.717) is 30.5 Å². The Bertz CT molecular complexity index is 1270. The molecule has 0 bridgehead atoms. The molecule has 0 saturated carbocycles. The molecule has 0 aliphatic carbocycles. The third kappa shape index (κ3) is 5.37. The number of nitrogens with zero attached hydrogens (tertiary/aromatic N) is 5. The summed E-state index contributed by atoms with van der Waals surface area (Å²) in [5.74, 6) is 0.683. The summed E-state index contributed by atoms with van der Waals surface area (Å²) in [7, 11) is 0. The van der Waals surface area contributed by atoms with Crippen LogP contribution in [-0.2, 0) is 19.1 Å². The number of carbonyl (C=O) groups is 1. The molecule has 172 valence electrons. The van der Waals surface area contributed by atoms with E-state index >= 15 is 0 Å². The van der Waals surface area contributed by atoms with Gasteiger partial charge in [-0.1, -0.05) is 6.07 Å². The Labute approximate surface area is 190 Å². The number of fused-ring (bicyclic) bond motifs is 1. The zero-order chi connectivity index (χ0) is 23.4. The van der Waals surface area contributed by atoms with Gasteiger partial charge in [0.2, 0.25) is 0 Å². The molecule has 4 aromatic rings. The molecule has 0 radical (unpaired) electrons. The lowest BCUT2D eigenvalue weighted by Gasteiger charge is -2.09. The number of nitrogens with one attached hydrogen (secondary N) is 3. The van der Waals surface area contributed by atoms with Crippen LogP contribution in [0.2, 0.25) is 0 Å². The lowest BCUT2D eigenvalue weighted by molar-refractivity contribution is -0.137. The van der Waals surface area contributed by atoms with Gasteiger partial charge in [-0.05, 0) is 25.1 Å². The van der Waals surface area contributed by atoms with Crippen molar-refractivity contribution in [1.29, 1.82) is 0 Å². The van der Waals surface area contributed by atoms with Gasteiger partial charge in [-0.3, -0.25) is 10.00 Å². The zero-order valence-electron chi connectivity index (χ0n) is 17.3. The van der Waals surface area contributed by atoms with E-state index in [4.69, 9.17) is 0 Å².